The number of carbonyl (C=O) groups excluding carboxylic acids is 1. The van der Waals surface area contributed by atoms with Gasteiger partial charge in [-0.3, -0.25) is 9.36 Å². The van der Waals surface area contributed by atoms with Gasteiger partial charge in [-0.25, -0.2) is 15.0 Å². The Morgan fingerprint density at radius 3 is 2.54 bits per heavy atom. The van der Waals surface area contributed by atoms with E-state index in [0.717, 1.165) is 22.8 Å². The van der Waals surface area contributed by atoms with Gasteiger partial charge in [0.1, 0.15) is 11.6 Å². The summed E-state index contributed by atoms with van der Waals surface area (Å²) in [5, 5.41) is 6.68. The van der Waals surface area contributed by atoms with Crippen molar-refractivity contribution in [1.82, 2.24) is 24.7 Å². The summed E-state index contributed by atoms with van der Waals surface area (Å²) in [6.07, 6.45) is 7.55. The van der Waals surface area contributed by atoms with E-state index in [9.17, 15) is 4.79 Å². The van der Waals surface area contributed by atoms with E-state index in [2.05, 4.69) is 25.4 Å². The maximum atomic E-state index is 12.1. The van der Waals surface area contributed by atoms with E-state index in [-0.39, 0.29) is 5.91 Å². The fraction of sp³-hybridized carbons (Fsp3) is 0.312. The lowest BCUT2D eigenvalue weighted by molar-refractivity contribution is -0.116. The molecule has 8 nitrogen and oxygen atoms in total. The van der Waals surface area contributed by atoms with Crippen molar-refractivity contribution in [2.75, 3.05) is 5.32 Å². The average molecular weight is 326 g/mol. The van der Waals surface area contributed by atoms with Crippen LogP contribution in [0.5, 0.6) is 0 Å². The second-order valence-electron chi connectivity index (χ2n) is 5.47. The largest absolute Gasteiger partial charge is 0.361 e. The van der Waals surface area contributed by atoms with Crippen LogP contribution >= 0.6 is 0 Å². The van der Waals surface area contributed by atoms with Gasteiger partial charge in [0.05, 0.1) is 23.8 Å². The van der Waals surface area contributed by atoms with Crippen molar-refractivity contribution in [2.45, 2.75) is 33.6 Å². The van der Waals surface area contributed by atoms with E-state index in [1.54, 1.807) is 29.4 Å². The summed E-state index contributed by atoms with van der Waals surface area (Å²) in [5.41, 5.74) is 2.36. The zero-order valence-corrected chi connectivity index (χ0v) is 13.8. The Bertz CT molecular complexity index is 830. The summed E-state index contributed by atoms with van der Waals surface area (Å²) in [6, 6.07) is 0. The van der Waals surface area contributed by atoms with E-state index in [1.807, 2.05) is 20.8 Å². The van der Waals surface area contributed by atoms with Crippen LogP contribution in [-0.4, -0.2) is 30.6 Å². The molecule has 0 radical (unpaired) electrons. The van der Waals surface area contributed by atoms with Crippen LogP contribution in [-0.2, 0) is 11.2 Å². The van der Waals surface area contributed by atoms with Gasteiger partial charge in [0.25, 0.3) is 0 Å². The smallest absolute Gasteiger partial charge is 0.235 e. The van der Waals surface area contributed by atoms with E-state index >= 15 is 0 Å². The van der Waals surface area contributed by atoms with Crippen molar-refractivity contribution in [3.05, 3.63) is 47.6 Å². The highest BCUT2D eigenvalue weighted by Crippen LogP contribution is 2.15. The predicted octanol–water partition coefficient (Wildman–Crippen LogP) is 2.15. The number of anilines is 1. The number of nitrogens with zero attached hydrogens (tertiary/aromatic N) is 5. The van der Waals surface area contributed by atoms with E-state index in [4.69, 9.17) is 4.52 Å². The summed E-state index contributed by atoms with van der Waals surface area (Å²) in [5.74, 6) is 1.96. The maximum absolute atomic E-state index is 12.1. The van der Waals surface area contributed by atoms with Crippen molar-refractivity contribution < 1.29 is 9.32 Å². The Morgan fingerprint density at radius 2 is 1.96 bits per heavy atom. The molecule has 0 spiro atoms. The number of aryl methyl sites for hydroxylation is 3. The Kier molecular flexibility index (Phi) is 4.37. The van der Waals surface area contributed by atoms with Gasteiger partial charge in [0.2, 0.25) is 11.9 Å². The normalized spacial score (nSPS) is 10.8. The maximum Gasteiger partial charge on any atom is 0.235 e. The number of nitrogens with one attached hydrogen (secondary N) is 1. The summed E-state index contributed by atoms with van der Waals surface area (Å²) in [6.45, 7) is 5.58. The number of hydrogen-bond acceptors (Lipinski definition) is 6. The molecular weight excluding hydrogens is 308 g/mol. The van der Waals surface area contributed by atoms with Crippen LogP contribution in [0.2, 0.25) is 0 Å². The minimum absolute atomic E-state index is 0.106. The van der Waals surface area contributed by atoms with Gasteiger partial charge in [-0.15, -0.1) is 0 Å². The molecule has 1 amide bonds. The number of rotatable bonds is 5. The van der Waals surface area contributed by atoms with Gasteiger partial charge in [-0.2, -0.15) is 0 Å². The number of amides is 1. The molecule has 3 heterocycles. The average Bonchev–Trinajstić information content (AvgIpc) is 3.12. The molecule has 24 heavy (non-hydrogen) atoms. The van der Waals surface area contributed by atoms with Gasteiger partial charge in [-0.1, -0.05) is 5.16 Å². The zero-order chi connectivity index (χ0) is 17.1. The molecule has 3 aromatic heterocycles. The minimum atomic E-state index is -0.106. The van der Waals surface area contributed by atoms with Gasteiger partial charge < -0.3 is 9.84 Å². The van der Waals surface area contributed by atoms with E-state index < -0.39 is 0 Å². The van der Waals surface area contributed by atoms with Gasteiger partial charge in [0, 0.05) is 24.4 Å². The molecule has 0 aliphatic heterocycles. The molecule has 0 bridgehead atoms. The first-order valence-corrected chi connectivity index (χ1v) is 7.58. The molecule has 3 rings (SSSR count). The Labute approximate surface area is 138 Å². The summed E-state index contributed by atoms with van der Waals surface area (Å²) >= 11 is 0. The Hall–Kier alpha value is -3.03. The molecular formula is C16H18N6O2. The number of carbonyl (C=O) groups is 1. The molecule has 1 N–H and O–H groups in total. The van der Waals surface area contributed by atoms with E-state index in [0.29, 0.717) is 24.5 Å². The third-order valence-electron chi connectivity index (χ3n) is 3.75. The first kappa shape index (κ1) is 15.9. The van der Waals surface area contributed by atoms with Crippen molar-refractivity contribution in [2.24, 2.45) is 0 Å². The first-order valence-electron chi connectivity index (χ1n) is 7.58. The third-order valence-corrected chi connectivity index (χ3v) is 3.75. The van der Waals surface area contributed by atoms with Crippen molar-refractivity contribution >= 4 is 11.6 Å². The SMILES string of the molecule is Cc1noc(C)c1CCC(=O)Nc1cnc(-n2ccnc2C)nc1. The highest BCUT2D eigenvalue weighted by atomic mass is 16.5. The fourth-order valence-electron chi connectivity index (χ4n) is 2.42. The quantitative estimate of drug-likeness (QED) is 0.771. The van der Waals surface area contributed by atoms with Crippen molar-refractivity contribution in [1.29, 1.82) is 0 Å². The van der Waals surface area contributed by atoms with Crippen molar-refractivity contribution in [3.63, 3.8) is 0 Å². The predicted molar refractivity (Wildman–Crippen MR) is 86.8 cm³/mol. The molecule has 0 atom stereocenters. The topological polar surface area (TPSA) is 98.7 Å². The Balaban J connectivity index is 1.60. The molecule has 0 saturated heterocycles. The highest BCUT2D eigenvalue weighted by Gasteiger charge is 2.12. The number of aromatic nitrogens is 5. The first-order chi connectivity index (χ1) is 11.5. The molecule has 8 heteroatoms. The molecule has 0 aliphatic rings. The summed E-state index contributed by atoms with van der Waals surface area (Å²) < 4.78 is 6.86. The Morgan fingerprint density at radius 1 is 1.21 bits per heavy atom. The van der Waals surface area contributed by atoms with Crippen LogP contribution < -0.4 is 5.32 Å². The fourth-order valence-corrected chi connectivity index (χ4v) is 2.42. The second kappa shape index (κ2) is 6.61. The molecule has 3 aromatic rings. The zero-order valence-electron chi connectivity index (χ0n) is 13.8. The lowest BCUT2D eigenvalue weighted by Crippen LogP contribution is -2.13. The molecule has 0 aliphatic carbocycles. The monoisotopic (exact) mass is 326 g/mol. The third kappa shape index (κ3) is 3.32. The lowest BCUT2D eigenvalue weighted by Gasteiger charge is -2.06. The van der Waals surface area contributed by atoms with E-state index in [1.165, 1.54) is 0 Å². The van der Waals surface area contributed by atoms with Crippen LogP contribution in [0.1, 0.15) is 29.3 Å². The minimum Gasteiger partial charge on any atom is -0.361 e. The molecule has 0 saturated carbocycles. The molecule has 0 aromatic carbocycles. The van der Waals surface area contributed by atoms with Crippen molar-refractivity contribution in [3.8, 4) is 5.95 Å². The van der Waals surface area contributed by atoms with Crippen LogP contribution in [0, 0.1) is 20.8 Å². The van der Waals surface area contributed by atoms with Gasteiger partial charge >= 0.3 is 0 Å². The van der Waals surface area contributed by atoms with Crippen LogP contribution in [0.4, 0.5) is 5.69 Å². The van der Waals surface area contributed by atoms with Gasteiger partial charge in [0.15, 0.2) is 0 Å². The van der Waals surface area contributed by atoms with Crippen LogP contribution in [0.3, 0.4) is 0 Å². The standard InChI is InChI=1S/C16H18N6O2/c1-10-14(11(2)24-21-10)4-5-15(23)20-13-8-18-16(19-9-13)22-7-6-17-12(22)3/h6-9H,4-5H2,1-3H3,(H,20,23). The van der Waals surface area contributed by atoms with Crippen LogP contribution in [0.25, 0.3) is 5.95 Å². The second-order valence-corrected chi connectivity index (χ2v) is 5.47. The number of imidazole rings is 1. The van der Waals surface area contributed by atoms with Crippen LogP contribution in [0.15, 0.2) is 29.3 Å². The highest BCUT2D eigenvalue weighted by molar-refractivity contribution is 5.90. The lowest BCUT2D eigenvalue weighted by atomic mass is 10.1. The molecule has 124 valence electrons. The number of hydrogen-bond donors (Lipinski definition) is 1. The van der Waals surface area contributed by atoms with Gasteiger partial charge in [-0.05, 0) is 27.2 Å². The summed E-state index contributed by atoms with van der Waals surface area (Å²) in [4.78, 5) is 24.7. The summed E-state index contributed by atoms with van der Waals surface area (Å²) in [7, 11) is 0. The molecule has 0 unspecified atom stereocenters. The molecule has 0 fully saturated rings.